The zero-order valence-corrected chi connectivity index (χ0v) is 22.3. The Hall–Kier alpha value is -3.51. The molecule has 8 heteroatoms. The predicted octanol–water partition coefficient (Wildman–Crippen LogP) is 3.37. The summed E-state index contributed by atoms with van der Waals surface area (Å²) < 4.78 is 18.6. The third-order valence-electron chi connectivity index (χ3n) is 7.68. The maximum absolute atomic E-state index is 13.0. The molecule has 1 unspecified atom stereocenters. The summed E-state index contributed by atoms with van der Waals surface area (Å²) in [5.74, 6) is 5.98. The summed E-state index contributed by atoms with van der Waals surface area (Å²) in [5, 5.41) is 13.3. The second-order valence-electron chi connectivity index (χ2n) is 10.9. The standard InChI is InChI=1S/C31H35FN4O3/c1-22(15-32)33-16-27(14-28-29(37)30(38)35-21-34-28)26-10-8-24(9-11-26)3-2-23-4-6-25(7-5-23)17-36-18-31(19-36)12-13-39-20-31/h4-11,21-22,27,33,37H,12-20H2,1H3,(H,34,35,38)/t22-,27?/m0/s1. The first-order valence-electron chi connectivity index (χ1n) is 13.5. The molecule has 3 aromatic rings. The zero-order chi connectivity index (χ0) is 27.2. The van der Waals surface area contributed by atoms with Crippen molar-refractivity contribution in [2.45, 2.75) is 38.3 Å². The topological polar surface area (TPSA) is 90.5 Å². The van der Waals surface area contributed by atoms with Gasteiger partial charge in [0.05, 0.1) is 18.6 Å². The Kier molecular flexibility index (Phi) is 8.41. The van der Waals surface area contributed by atoms with Crippen LogP contribution in [0.2, 0.25) is 0 Å². The molecule has 3 heterocycles. The van der Waals surface area contributed by atoms with E-state index in [1.165, 1.54) is 18.3 Å². The van der Waals surface area contributed by atoms with Crippen LogP contribution in [0.3, 0.4) is 0 Å². The molecule has 2 saturated heterocycles. The van der Waals surface area contributed by atoms with E-state index in [0.717, 1.165) is 49.5 Å². The Morgan fingerprint density at radius 2 is 1.85 bits per heavy atom. The number of hydrogen-bond donors (Lipinski definition) is 3. The summed E-state index contributed by atoms with van der Waals surface area (Å²) in [6.45, 7) is 6.78. The molecule has 1 spiro atoms. The highest BCUT2D eigenvalue weighted by Crippen LogP contribution is 2.38. The Balaban J connectivity index is 1.21. The molecule has 0 saturated carbocycles. The Bertz CT molecular complexity index is 1360. The number of ether oxygens (including phenoxy) is 1. The van der Waals surface area contributed by atoms with Crippen LogP contribution in [0.15, 0.2) is 59.7 Å². The van der Waals surface area contributed by atoms with Crippen LogP contribution in [0.5, 0.6) is 5.75 Å². The van der Waals surface area contributed by atoms with Gasteiger partial charge in [0, 0.05) is 67.7 Å². The number of benzene rings is 2. The van der Waals surface area contributed by atoms with E-state index in [1.54, 1.807) is 6.92 Å². The van der Waals surface area contributed by atoms with E-state index in [1.807, 2.05) is 24.3 Å². The van der Waals surface area contributed by atoms with Crippen molar-refractivity contribution in [3.63, 3.8) is 0 Å². The van der Waals surface area contributed by atoms with Gasteiger partial charge in [-0.15, -0.1) is 0 Å². The van der Waals surface area contributed by atoms with Crippen molar-refractivity contribution >= 4 is 0 Å². The van der Waals surface area contributed by atoms with E-state index in [0.29, 0.717) is 24.1 Å². The second-order valence-corrected chi connectivity index (χ2v) is 10.9. The molecule has 3 N–H and O–H groups in total. The van der Waals surface area contributed by atoms with Gasteiger partial charge in [-0.1, -0.05) is 36.1 Å². The van der Waals surface area contributed by atoms with Gasteiger partial charge in [0.2, 0.25) is 5.75 Å². The first-order chi connectivity index (χ1) is 18.9. The summed E-state index contributed by atoms with van der Waals surface area (Å²) in [5.41, 5.74) is 4.27. The number of halogens is 1. The van der Waals surface area contributed by atoms with Crippen molar-refractivity contribution in [1.29, 1.82) is 0 Å². The van der Waals surface area contributed by atoms with Crippen molar-refractivity contribution in [1.82, 2.24) is 20.2 Å². The normalized spacial score (nSPS) is 17.8. The maximum atomic E-state index is 13.0. The van der Waals surface area contributed by atoms with Crippen LogP contribution in [0.1, 0.15) is 47.2 Å². The molecule has 2 fully saturated rings. The number of nitrogens with one attached hydrogen (secondary N) is 2. The fraction of sp³-hybridized carbons (Fsp3) is 0.419. The van der Waals surface area contributed by atoms with Crippen LogP contribution in [-0.4, -0.2) is 65.5 Å². The molecule has 0 amide bonds. The maximum Gasteiger partial charge on any atom is 0.293 e. The molecule has 204 valence electrons. The minimum Gasteiger partial charge on any atom is -0.502 e. The van der Waals surface area contributed by atoms with Gasteiger partial charge < -0.3 is 20.1 Å². The highest BCUT2D eigenvalue weighted by molar-refractivity contribution is 5.44. The molecule has 2 atom stereocenters. The fourth-order valence-corrected chi connectivity index (χ4v) is 5.37. The summed E-state index contributed by atoms with van der Waals surface area (Å²) in [6, 6.07) is 16.0. The van der Waals surface area contributed by atoms with Crippen molar-refractivity contribution in [3.05, 3.63) is 93.2 Å². The average Bonchev–Trinajstić information content (AvgIpc) is 3.43. The number of hydrogen-bond acceptors (Lipinski definition) is 6. The number of nitrogens with zero attached hydrogens (tertiary/aromatic N) is 2. The van der Waals surface area contributed by atoms with Gasteiger partial charge in [0.25, 0.3) is 5.56 Å². The lowest BCUT2D eigenvalue weighted by molar-refractivity contribution is -0.0123. The second kappa shape index (κ2) is 12.1. The molecule has 2 aliphatic rings. The quantitative estimate of drug-likeness (QED) is 0.368. The van der Waals surface area contributed by atoms with Gasteiger partial charge in [-0.3, -0.25) is 9.69 Å². The molecular weight excluding hydrogens is 495 g/mol. The van der Waals surface area contributed by atoms with E-state index < -0.39 is 12.2 Å². The first-order valence-corrected chi connectivity index (χ1v) is 13.5. The van der Waals surface area contributed by atoms with Gasteiger partial charge in [-0.25, -0.2) is 9.37 Å². The van der Waals surface area contributed by atoms with Crippen molar-refractivity contribution < 1.29 is 14.2 Å². The fourth-order valence-electron chi connectivity index (χ4n) is 5.37. The minimum absolute atomic E-state index is 0.115. The van der Waals surface area contributed by atoms with Crippen molar-refractivity contribution in [2.75, 3.05) is 39.5 Å². The minimum atomic E-state index is -0.574. The molecular formula is C31H35FN4O3. The summed E-state index contributed by atoms with van der Waals surface area (Å²) in [4.78, 5) is 20.8. The van der Waals surface area contributed by atoms with E-state index in [-0.39, 0.29) is 17.7 Å². The largest absolute Gasteiger partial charge is 0.502 e. The van der Waals surface area contributed by atoms with Gasteiger partial charge >= 0.3 is 0 Å². The van der Waals surface area contributed by atoms with E-state index in [9.17, 15) is 14.3 Å². The number of alkyl halides is 1. The monoisotopic (exact) mass is 530 g/mol. The molecule has 0 radical (unpaired) electrons. The lowest BCUT2D eigenvalue weighted by atomic mass is 9.79. The Morgan fingerprint density at radius 1 is 1.15 bits per heavy atom. The molecule has 0 bridgehead atoms. The van der Waals surface area contributed by atoms with Crippen LogP contribution >= 0.6 is 0 Å². The molecule has 2 aliphatic heterocycles. The van der Waals surface area contributed by atoms with Crippen LogP contribution in [0.25, 0.3) is 0 Å². The lowest BCUT2D eigenvalue weighted by Gasteiger charge is -2.47. The summed E-state index contributed by atoms with van der Waals surface area (Å²) >= 11 is 0. The van der Waals surface area contributed by atoms with Gasteiger partial charge in [0.15, 0.2) is 0 Å². The number of aromatic amines is 1. The highest BCUT2D eigenvalue weighted by Gasteiger charge is 2.45. The lowest BCUT2D eigenvalue weighted by Crippen LogP contribution is -2.55. The van der Waals surface area contributed by atoms with E-state index in [4.69, 9.17) is 4.74 Å². The van der Waals surface area contributed by atoms with Gasteiger partial charge in [-0.2, -0.15) is 0 Å². The summed E-state index contributed by atoms with van der Waals surface area (Å²) in [6.07, 6.45) is 2.80. The van der Waals surface area contributed by atoms with E-state index >= 15 is 0 Å². The number of rotatable bonds is 9. The van der Waals surface area contributed by atoms with Crippen LogP contribution < -0.4 is 10.9 Å². The Morgan fingerprint density at radius 3 is 2.49 bits per heavy atom. The van der Waals surface area contributed by atoms with Gasteiger partial charge in [0.1, 0.15) is 6.67 Å². The average molecular weight is 531 g/mol. The third kappa shape index (κ3) is 6.74. The van der Waals surface area contributed by atoms with Crippen molar-refractivity contribution in [2.24, 2.45) is 5.41 Å². The molecule has 39 heavy (non-hydrogen) atoms. The van der Waals surface area contributed by atoms with Crippen LogP contribution in [0, 0.1) is 17.3 Å². The smallest absolute Gasteiger partial charge is 0.293 e. The molecule has 0 aliphatic carbocycles. The number of likely N-dealkylation sites (tertiary alicyclic amines) is 1. The van der Waals surface area contributed by atoms with Gasteiger partial charge in [-0.05, 0) is 48.7 Å². The number of H-pyrrole nitrogens is 1. The summed E-state index contributed by atoms with van der Waals surface area (Å²) in [7, 11) is 0. The van der Waals surface area contributed by atoms with Crippen LogP contribution in [-0.2, 0) is 17.7 Å². The van der Waals surface area contributed by atoms with E-state index in [2.05, 4.69) is 56.3 Å². The highest BCUT2D eigenvalue weighted by atomic mass is 19.1. The number of aromatic hydroxyl groups is 1. The molecule has 7 nitrogen and oxygen atoms in total. The zero-order valence-electron chi connectivity index (χ0n) is 22.3. The van der Waals surface area contributed by atoms with Crippen molar-refractivity contribution in [3.8, 4) is 17.6 Å². The number of aromatic nitrogens is 2. The predicted molar refractivity (Wildman–Crippen MR) is 148 cm³/mol. The first kappa shape index (κ1) is 27.1. The molecule has 1 aromatic heterocycles. The third-order valence-corrected chi connectivity index (χ3v) is 7.68. The Labute approximate surface area is 228 Å². The van der Waals surface area contributed by atoms with Crippen LogP contribution in [0.4, 0.5) is 4.39 Å². The molecule has 5 rings (SSSR count). The molecule has 2 aromatic carbocycles. The SMILES string of the molecule is C[C@@H](CF)NCC(Cc1nc[nH]c(=O)c1O)c1ccc(C#Cc2ccc(CN3CC4(CCOC4)C3)cc2)cc1.